The van der Waals surface area contributed by atoms with Gasteiger partial charge in [-0.25, -0.2) is 0 Å². The first-order valence-electron chi connectivity index (χ1n) is 17.3. The van der Waals surface area contributed by atoms with Gasteiger partial charge in [0.2, 0.25) is 0 Å². The standard InChI is InChI=1S/C37H54O7/c1-3-4-6-15-30(43-35-16-9-11-20-41-35)18-19-31-32-23-28(22-29(32)24-34(31)44-36-17-10-12-21-42-36)33(37(38)39-2)26-40-25-27-13-7-5-8-14-27/h5,7-8,13-14,18-19,23,29-36H,3-4,6,9-12,15-17,20-22,24-26H2,1-2H3/b19-18+/t29-,30-,31+,32-,33?,34+,35?,36?/m0/s1. The monoisotopic (exact) mass is 610 g/mol. The molecule has 0 aromatic heterocycles. The average Bonchev–Trinajstić information content (AvgIpc) is 3.60. The van der Waals surface area contributed by atoms with E-state index in [4.69, 9.17) is 28.4 Å². The zero-order chi connectivity index (χ0) is 30.6. The Bertz CT molecular complexity index is 1040. The highest BCUT2D eigenvalue weighted by atomic mass is 16.7. The van der Waals surface area contributed by atoms with Crippen molar-refractivity contribution in [1.82, 2.24) is 0 Å². The Morgan fingerprint density at radius 2 is 1.80 bits per heavy atom. The van der Waals surface area contributed by atoms with Crippen LogP contribution in [0.5, 0.6) is 0 Å². The fraction of sp³-hybridized carbons (Fsp3) is 0.703. The van der Waals surface area contributed by atoms with Gasteiger partial charge in [-0.2, -0.15) is 0 Å². The van der Waals surface area contributed by atoms with Crippen molar-refractivity contribution in [3.63, 3.8) is 0 Å². The van der Waals surface area contributed by atoms with Crippen molar-refractivity contribution in [2.45, 2.75) is 115 Å². The Labute approximate surface area is 264 Å². The molecule has 7 heteroatoms. The van der Waals surface area contributed by atoms with E-state index in [1.165, 1.54) is 20.0 Å². The number of allylic oxidation sites excluding steroid dienone is 1. The molecule has 0 spiro atoms. The topological polar surface area (TPSA) is 72.5 Å². The predicted octanol–water partition coefficient (Wildman–Crippen LogP) is 7.53. The zero-order valence-corrected chi connectivity index (χ0v) is 26.9. The molecule has 4 aliphatic rings. The molecule has 1 aromatic rings. The van der Waals surface area contributed by atoms with Gasteiger partial charge in [-0.05, 0) is 75.2 Å². The maximum atomic E-state index is 13.0. The first kappa shape index (κ1) is 33.3. The van der Waals surface area contributed by atoms with E-state index in [-0.39, 0.29) is 36.7 Å². The number of ether oxygens (including phenoxy) is 6. The minimum absolute atomic E-state index is 0.0225. The number of unbranched alkanes of at least 4 members (excludes halogenated alkanes) is 2. The summed E-state index contributed by atoms with van der Waals surface area (Å²) in [6.07, 6.45) is 19.6. The second-order valence-corrected chi connectivity index (χ2v) is 13.0. The fourth-order valence-corrected chi connectivity index (χ4v) is 7.34. The molecule has 3 fully saturated rings. The Hall–Kier alpha value is -2.03. The van der Waals surface area contributed by atoms with Gasteiger partial charge >= 0.3 is 5.97 Å². The number of hydrogen-bond acceptors (Lipinski definition) is 7. The minimum Gasteiger partial charge on any atom is -0.468 e. The molecule has 2 heterocycles. The molecule has 1 aromatic carbocycles. The summed E-state index contributed by atoms with van der Waals surface area (Å²) in [6.45, 7) is 4.58. The molecule has 2 saturated heterocycles. The summed E-state index contributed by atoms with van der Waals surface area (Å²) in [5.74, 6) is 0.273. The van der Waals surface area contributed by atoms with Crippen molar-refractivity contribution in [1.29, 1.82) is 0 Å². The van der Waals surface area contributed by atoms with Crippen LogP contribution < -0.4 is 0 Å². The molecule has 0 N–H and O–H groups in total. The Morgan fingerprint density at radius 3 is 2.50 bits per heavy atom. The predicted molar refractivity (Wildman–Crippen MR) is 170 cm³/mol. The Balaban J connectivity index is 1.31. The lowest BCUT2D eigenvalue weighted by molar-refractivity contribution is -0.192. The van der Waals surface area contributed by atoms with Gasteiger partial charge in [-0.15, -0.1) is 0 Å². The molecular formula is C37H54O7. The first-order chi connectivity index (χ1) is 21.6. The molecule has 44 heavy (non-hydrogen) atoms. The van der Waals surface area contributed by atoms with Crippen molar-refractivity contribution in [2.75, 3.05) is 26.9 Å². The number of carbonyl (C=O) groups is 1. The lowest BCUT2D eigenvalue weighted by Crippen LogP contribution is -2.31. The van der Waals surface area contributed by atoms with Crippen molar-refractivity contribution in [3.8, 4) is 0 Å². The Morgan fingerprint density at radius 1 is 1.02 bits per heavy atom. The molecule has 2 aliphatic carbocycles. The van der Waals surface area contributed by atoms with E-state index in [1.807, 2.05) is 30.3 Å². The van der Waals surface area contributed by atoms with Crippen molar-refractivity contribution in [3.05, 3.63) is 59.7 Å². The molecule has 5 rings (SSSR count). The first-order valence-corrected chi connectivity index (χ1v) is 17.3. The molecule has 0 amide bonds. The van der Waals surface area contributed by atoms with Crippen LogP contribution in [0.1, 0.15) is 89.5 Å². The van der Waals surface area contributed by atoms with Gasteiger partial charge in [0, 0.05) is 19.1 Å². The van der Waals surface area contributed by atoms with Gasteiger partial charge in [-0.1, -0.05) is 80.3 Å². The number of rotatable bonds is 16. The van der Waals surface area contributed by atoms with Gasteiger partial charge < -0.3 is 28.4 Å². The van der Waals surface area contributed by atoms with Crippen LogP contribution >= 0.6 is 0 Å². The third kappa shape index (κ3) is 9.49. The van der Waals surface area contributed by atoms with Crippen LogP contribution in [0.25, 0.3) is 0 Å². The number of hydrogen-bond donors (Lipinski definition) is 0. The van der Waals surface area contributed by atoms with Crippen LogP contribution in [-0.4, -0.2) is 57.7 Å². The van der Waals surface area contributed by atoms with Crippen LogP contribution in [0.2, 0.25) is 0 Å². The third-order valence-electron chi connectivity index (χ3n) is 9.76. The molecule has 0 radical (unpaired) electrons. The van der Waals surface area contributed by atoms with Crippen LogP contribution in [-0.2, 0) is 39.8 Å². The van der Waals surface area contributed by atoms with E-state index < -0.39 is 5.92 Å². The van der Waals surface area contributed by atoms with Crippen LogP contribution in [0.3, 0.4) is 0 Å². The number of benzene rings is 1. The van der Waals surface area contributed by atoms with E-state index >= 15 is 0 Å². The SMILES string of the molecule is CCCCC[C@@H](/C=C/[C@@H]1[C@H]2C=C(C(COCc3ccccc3)C(=O)OC)C[C@H]2C[C@H]1OC1CCCCO1)OC1CCCCO1. The third-order valence-corrected chi connectivity index (χ3v) is 9.76. The number of fused-ring (bicyclic) bond motifs is 1. The molecular weight excluding hydrogens is 556 g/mol. The summed E-state index contributed by atoms with van der Waals surface area (Å²) in [4.78, 5) is 13.0. The van der Waals surface area contributed by atoms with E-state index in [0.29, 0.717) is 25.0 Å². The summed E-state index contributed by atoms with van der Waals surface area (Å²) >= 11 is 0. The van der Waals surface area contributed by atoms with E-state index in [9.17, 15) is 4.79 Å². The van der Waals surface area contributed by atoms with Gasteiger partial charge in [0.1, 0.15) is 5.92 Å². The molecule has 1 saturated carbocycles. The lowest BCUT2D eigenvalue weighted by atomic mass is 9.91. The zero-order valence-electron chi connectivity index (χ0n) is 26.9. The number of methoxy groups -OCH3 is 1. The molecule has 244 valence electrons. The van der Waals surface area contributed by atoms with E-state index in [0.717, 1.165) is 88.6 Å². The van der Waals surface area contributed by atoms with E-state index in [1.54, 1.807) is 0 Å². The fourth-order valence-electron chi connectivity index (χ4n) is 7.34. The minimum atomic E-state index is -0.395. The maximum absolute atomic E-state index is 13.0. The summed E-state index contributed by atoms with van der Waals surface area (Å²) in [7, 11) is 1.47. The quantitative estimate of drug-likeness (QED) is 0.109. The van der Waals surface area contributed by atoms with Crippen molar-refractivity contribution in [2.24, 2.45) is 23.7 Å². The lowest BCUT2D eigenvalue weighted by Gasteiger charge is -2.30. The van der Waals surface area contributed by atoms with Gasteiger partial charge in [-0.3, -0.25) is 4.79 Å². The van der Waals surface area contributed by atoms with Gasteiger partial charge in [0.15, 0.2) is 12.6 Å². The molecule has 0 bridgehead atoms. The molecule has 2 aliphatic heterocycles. The number of esters is 1. The van der Waals surface area contributed by atoms with Gasteiger partial charge in [0.25, 0.3) is 0 Å². The van der Waals surface area contributed by atoms with E-state index in [2.05, 4.69) is 25.2 Å². The second-order valence-electron chi connectivity index (χ2n) is 13.0. The molecule has 8 atom stereocenters. The van der Waals surface area contributed by atoms with Gasteiger partial charge in [0.05, 0.1) is 32.5 Å². The highest BCUT2D eigenvalue weighted by molar-refractivity contribution is 5.76. The van der Waals surface area contributed by atoms with Crippen LogP contribution in [0.15, 0.2) is 54.1 Å². The maximum Gasteiger partial charge on any atom is 0.315 e. The second kappa shape index (κ2) is 17.6. The van der Waals surface area contributed by atoms with Crippen LogP contribution in [0.4, 0.5) is 0 Å². The normalized spacial score (nSPS) is 30.2. The highest BCUT2D eigenvalue weighted by Gasteiger charge is 2.47. The van der Waals surface area contributed by atoms with Crippen molar-refractivity contribution >= 4 is 5.97 Å². The summed E-state index contributed by atoms with van der Waals surface area (Å²) < 4.78 is 36.5. The smallest absolute Gasteiger partial charge is 0.315 e. The molecule has 3 unspecified atom stereocenters. The highest BCUT2D eigenvalue weighted by Crippen LogP contribution is 2.50. The summed E-state index contributed by atoms with van der Waals surface area (Å²) in [5.41, 5.74) is 2.23. The summed E-state index contributed by atoms with van der Waals surface area (Å²) in [5, 5.41) is 0. The number of carbonyl (C=O) groups excluding carboxylic acids is 1. The average molecular weight is 611 g/mol. The summed E-state index contributed by atoms with van der Waals surface area (Å²) in [6, 6.07) is 10.1. The molecule has 7 nitrogen and oxygen atoms in total. The largest absolute Gasteiger partial charge is 0.468 e. The van der Waals surface area contributed by atoms with Crippen molar-refractivity contribution < 1.29 is 33.2 Å². The Kier molecular flexibility index (Phi) is 13.3. The van der Waals surface area contributed by atoms with Crippen LogP contribution in [0, 0.1) is 23.7 Å².